The Balaban J connectivity index is 1.60. The highest BCUT2D eigenvalue weighted by Crippen LogP contribution is 2.41. The van der Waals surface area contributed by atoms with Crippen molar-refractivity contribution >= 4 is 17.4 Å². The third-order valence-electron chi connectivity index (χ3n) is 8.81. The number of aromatic nitrogens is 3. The van der Waals surface area contributed by atoms with Gasteiger partial charge in [-0.15, -0.1) is 0 Å². The molecule has 0 amide bonds. The summed E-state index contributed by atoms with van der Waals surface area (Å²) >= 11 is 0. The Hall–Kier alpha value is -2.52. The van der Waals surface area contributed by atoms with Gasteiger partial charge in [-0.2, -0.15) is 0 Å². The molecule has 0 aromatic carbocycles. The van der Waals surface area contributed by atoms with E-state index in [0.29, 0.717) is 24.0 Å². The minimum absolute atomic E-state index is 0.263. The van der Waals surface area contributed by atoms with Gasteiger partial charge in [-0.05, 0) is 60.2 Å². The summed E-state index contributed by atoms with van der Waals surface area (Å²) in [6.07, 6.45) is 6.24. The molecule has 0 unspecified atom stereocenters. The fourth-order valence-corrected chi connectivity index (χ4v) is 6.41. The summed E-state index contributed by atoms with van der Waals surface area (Å²) in [6.45, 7) is 13.4. The van der Waals surface area contributed by atoms with Crippen LogP contribution in [0.5, 0.6) is 0 Å². The molecule has 38 heavy (non-hydrogen) atoms. The minimum Gasteiger partial charge on any atom is -0.359 e. The second-order valence-electron chi connectivity index (χ2n) is 11.9. The first-order valence-electron chi connectivity index (χ1n) is 14.6. The molecule has 0 bridgehead atoms. The van der Waals surface area contributed by atoms with Crippen LogP contribution in [-0.2, 0) is 16.6 Å². The third-order valence-corrected chi connectivity index (χ3v) is 8.81. The van der Waals surface area contributed by atoms with E-state index in [1.54, 1.807) is 0 Å². The van der Waals surface area contributed by atoms with E-state index in [2.05, 4.69) is 58.8 Å². The molecule has 0 N–H and O–H groups in total. The van der Waals surface area contributed by atoms with Crippen LogP contribution in [0, 0.1) is 0 Å². The van der Waals surface area contributed by atoms with Crippen LogP contribution in [0.1, 0.15) is 70.6 Å². The molecule has 9 heteroatoms. The van der Waals surface area contributed by atoms with E-state index < -0.39 is 5.41 Å². The van der Waals surface area contributed by atoms with Crippen molar-refractivity contribution in [1.29, 1.82) is 0 Å². The number of anilines is 2. The summed E-state index contributed by atoms with van der Waals surface area (Å²) in [5, 5.41) is 4.59. The number of hydrogen-bond acceptors (Lipinski definition) is 9. The van der Waals surface area contributed by atoms with Gasteiger partial charge in [-0.1, -0.05) is 24.9 Å². The van der Waals surface area contributed by atoms with E-state index in [0.717, 1.165) is 107 Å². The molecule has 3 fully saturated rings. The van der Waals surface area contributed by atoms with Crippen LogP contribution in [0.3, 0.4) is 0 Å². The highest BCUT2D eigenvalue weighted by atomic mass is 16.5. The van der Waals surface area contributed by atoms with Crippen molar-refractivity contribution < 1.29 is 9.32 Å². The van der Waals surface area contributed by atoms with Gasteiger partial charge in [0, 0.05) is 63.4 Å². The molecule has 5 rings (SSSR count). The molecule has 208 valence electrons. The molecule has 0 spiro atoms. The predicted molar refractivity (Wildman–Crippen MR) is 151 cm³/mol. The predicted octanol–water partition coefficient (Wildman–Crippen LogP) is 3.77. The lowest BCUT2D eigenvalue weighted by molar-refractivity contribution is -0.126. The smallest absolute Gasteiger partial charge is 0.186 e. The lowest BCUT2D eigenvalue weighted by Gasteiger charge is -2.34. The maximum Gasteiger partial charge on any atom is 0.186 e. The van der Waals surface area contributed by atoms with Crippen LogP contribution in [0.2, 0.25) is 0 Å². The average molecular weight is 524 g/mol. The molecule has 0 radical (unpaired) electrons. The van der Waals surface area contributed by atoms with Gasteiger partial charge in [-0.25, -0.2) is 9.97 Å². The first-order chi connectivity index (χ1) is 18.3. The summed E-state index contributed by atoms with van der Waals surface area (Å²) in [6, 6.07) is 2.51. The number of carbonyl (C=O) groups excluding carboxylic acids is 1. The van der Waals surface area contributed by atoms with Crippen LogP contribution >= 0.6 is 0 Å². The first-order valence-corrected chi connectivity index (χ1v) is 14.6. The zero-order chi connectivity index (χ0) is 26.9. The fourth-order valence-electron chi connectivity index (χ4n) is 6.41. The fraction of sp³-hybridized carbons (Fsp3) is 0.724. The number of Topliss-reactive ketones (excluding diaryl/α,β-unsaturated/α-hetero) is 1. The monoisotopic (exact) mass is 523 g/mol. The first kappa shape index (κ1) is 27.1. The SMILES string of the molecule is CCCc1c(-c2nc(N3CCN(C)CC3)cc(N3CCCN(C)C[C@@H]3C)n2)noc1[C@@]1(C)CCCCC1=O. The number of carbonyl (C=O) groups is 1. The molecule has 2 saturated heterocycles. The maximum atomic E-state index is 13.1. The average Bonchev–Trinajstić information content (AvgIpc) is 3.25. The second kappa shape index (κ2) is 11.3. The zero-order valence-corrected chi connectivity index (χ0v) is 24.0. The quantitative estimate of drug-likeness (QED) is 0.562. The van der Waals surface area contributed by atoms with Crippen molar-refractivity contribution in [3.8, 4) is 11.5 Å². The van der Waals surface area contributed by atoms with Gasteiger partial charge in [0.2, 0.25) is 0 Å². The Morgan fingerprint density at radius 1 is 1.00 bits per heavy atom. The molecule has 1 saturated carbocycles. The number of likely N-dealkylation sites (N-methyl/N-ethyl adjacent to an activating group) is 2. The van der Waals surface area contributed by atoms with Crippen LogP contribution in [0.15, 0.2) is 10.6 Å². The van der Waals surface area contributed by atoms with Crippen LogP contribution in [0.25, 0.3) is 11.5 Å². The summed E-state index contributed by atoms with van der Waals surface area (Å²) < 4.78 is 6.06. The van der Waals surface area contributed by atoms with E-state index in [9.17, 15) is 4.79 Å². The molecule has 2 atom stereocenters. The molecular formula is C29H45N7O2. The second-order valence-corrected chi connectivity index (χ2v) is 11.9. The molecule has 1 aliphatic carbocycles. The van der Waals surface area contributed by atoms with Crippen molar-refractivity contribution in [2.45, 2.75) is 77.2 Å². The van der Waals surface area contributed by atoms with E-state index >= 15 is 0 Å². The molecular weight excluding hydrogens is 478 g/mol. The number of rotatable bonds is 6. The summed E-state index contributed by atoms with van der Waals surface area (Å²) in [5.74, 6) is 3.53. The van der Waals surface area contributed by atoms with E-state index in [4.69, 9.17) is 14.5 Å². The Morgan fingerprint density at radius 2 is 1.76 bits per heavy atom. The van der Waals surface area contributed by atoms with E-state index in [-0.39, 0.29) is 5.78 Å². The van der Waals surface area contributed by atoms with Gasteiger partial charge in [0.25, 0.3) is 0 Å². The van der Waals surface area contributed by atoms with Crippen molar-refractivity contribution in [1.82, 2.24) is 24.9 Å². The molecule has 2 aromatic heterocycles. The van der Waals surface area contributed by atoms with Crippen molar-refractivity contribution in [3.63, 3.8) is 0 Å². The molecule has 2 aliphatic heterocycles. The Morgan fingerprint density at radius 3 is 2.50 bits per heavy atom. The summed E-state index contributed by atoms with van der Waals surface area (Å²) in [4.78, 5) is 32.9. The molecule has 2 aromatic rings. The summed E-state index contributed by atoms with van der Waals surface area (Å²) in [5.41, 5.74) is 1.10. The maximum absolute atomic E-state index is 13.1. The molecule has 4 heterocycles. The van der Waals surface area contributed by atoms with Crippen molar-refractivity contribution in [2.75, 3.05) is 69.7 Å². The third kappa shape index (κ3) is 5.32. The normalized spacial score (nSPS) is 26.1. The number of hydrogen-bond donors (Lipinski definition) is 0. The number of ketones is 1. The van der Waals surface area contributed by atoms with Gasteiger partial charge in [0.1, 0.15) is 17.4 Å². The van der Waals surface area contributed by atoms with Crippen LogP contribution in [-0.4, -0.2) is 96.7 Å². The topological polar surface area (TPSA) is 81.8 Å². The lowest BCUT2D eigenvalue weighted by Crippen LogP contribution is -2.45. The van der Waals surface area contributed by atoms with Crippen LogP contribution < -0.4 is 9.80 Å². The van der Waals surface area contributed by atoms with Gasteiger partial charge >= 0.3 is 0 Å². The van der Waals surface area contributed by atoms with E-state index in [1.807, 2.05) is 6.92 Å². The lowest BCUT2D eigenvalue weighted by atomic mass is 9.71. The molecule has 3 aliphatic rings. The highest BCUT2D eigenvalue weighted by molar-refractivity contribution is 5.90. The standard InChI is InChI=1S/C29H45N7O2/c1-6-10-22-26(32-38-27(22)29(3)12-8-7-11-23(29)37)28-30-24(35-17-15-33(4)16-18-35)19-25(31-28)36-14-9-13-34(5)20-21(36)2/h19,21H,6-18,20H2,1-5H3/t21-,29-/m0/s1. The van der Waals surface area contributed by atoms with Gasteiger partial charge in [-0.3, -0.25) is 4.79 Å². The zero-order valence-electron chi connectivity index (χ0n) is 24.0. The number of piperazine rings is 1. The Labute approximate surface area is 227 Å². The Kier molecular flexibility index (Phi) is 8.05. The molecule has 9 nitrogen and oxygen atoms in total. The van der Waals surface area contributed by atoms with Crippen LogP contribution in [0.4, 0.5) is 11.6 Å². The van der Waals surface area contributed by atoms with Gasteiger partial charge < -0.3 is 24.1 Å². The van der Waals surface area contributed by atoms with E-state index in [1.165, 1.54) is 0 Å². The minimum atomic E-state index is -0.615. The number of nitrogens with zero attached hydrogens (tertiary/aromatic N) is 7. The summed E-state index contributed by atoms with van der Waals surface area (Å²) in [7, 11) is 4.37. The highest BCUT2D eigenvalue weighted by Gasteiger charge is 2.43. The van der Waals surface area contributed by atoms with Gasteiger partial charge in [0.15, 0.2) is 17.3 Å². The van der Waals surface area contributed by atoms with Crippen molar-refractivity contribution in [3.05, 3.63) is 17.4 Å². The van der Waals surface area contributed by atoms with Crippen molar-refractivity contribution in [2.24, 2.45) is 0 Å². The van der Waals surface area contributed by atoms with Gasteiger partial charge in [0.05, 0.1) is 5.41 Å². The largest absolute Gasteiger partial charge is 0.359 e. The Bertz CT molecular complexity index is 1130.